The van der Waals surface area contributed by atoms with Crippen LogP contribution >= 0.6 is 0 Å². The molecule has 0 saturated heterocycles. The smallest absolute Gasteiger partial charge is 0.294 e. The summed E-state index contributed by atoms with van der Waals surface area (Å²) in [6.07, 6.45) is 1.16. The van der Waals surface area contributed by atoms with E-state index < -0.39 is 21.8 Å². The molecule has 0 aliphatic carbocycles. The van der Waals surface area contributed by atoms with Gasteiger partial charge in [-0.05, 0) is 48.5 Å². The third-order valence-corrected chi connectivity index (χ3v) is 3.87. The van der Waals surface area contributed by atoms with Crippen molar-refractivity contribution in [1.82, 2.24) is 0 Å². The van der Waals surface area contributed by atoms with Gasteiger partial charge >= 0.3 is 0 Å². The summed E-state index contributed by atoms with van der Waals surface area (Å²) in [5.41, 5.74) is 0.475. The van der Waals surface area contributed by atoms with Crippen LogP contribution in [0.1, 0.15) is 0 Å². The zero-order chi connectivity index (χ0) is 18.4. The van der Waals surface area contributed by atoms with E-state index in [1.54, 1.807) is 6.07 Å². The highest BCUT2D eigenvalue weighted by atomic mass is 32.2. The molecule has 128 valence electrons. The molecule has 0 aliphatic heterocycles. The average Bonchev–Trinajstić information content (AvgIpc) is 2.56. The summed E-state index contributed by atoms with van der Waals surface area (Å²) in [4.78, 5) is 11.7. The van der Waals surface area contributed by atoms with Gasteiger partial charge in [-0.1, -0.05) is 0 Å². The quantitative estimate of drug-likeness (QED) is 0.428. The molecule has 2 aromatic rings. The van der Waals surface area contributed by atoms with Crippen molar-refractivity contribution in [2.24, 2.45) is 0 Å². The van der Waals surface area contributed by atoms with Crippen molar-refractivity contribution >= 4 is 27.4 Å². The summed E-state index contributed by atoms with van der Waals surface area (Å²) < 4.78 is 43.6. The van der Waals surface area contributed by atoms with Gasteiger partial charge in [-0.25, -0.2) is 4.39 Å². The van der Waals surface area contributed by atoms with Crippen LogP contribution in [0.2, 0.25) is 0 Å². The van der Waals surface area contributed by atoms with Crippen molar-refractivity contribution in [1.29, 1.82) is 5.26 Å². The summed E-state index contributed by atoms with van der Waals surface area (Å²) in [5.74, 6) is -1.14. The second-order valence-electron chi connectivity index (χ2n) is 4.77. The summed E-state index contributed by atoms with van der Waals surface area (Å²) in [6, 6.07) is 11.8. The Bertz CT molecular complexity index is 946. The number of rotatable bonds is 5. The van der Waals surface area contributed by atoms with Gasteiger partial charge in [0.1, 0.15) is 17.5 Å². The van der Waals surface area contributed by atoms with Crippen LogP contribution in [0.25, 0.3) is 0 Å². The van der Waals surface area contributed by atoms with Crippen molar-refractivity contribution < 1.29 is 22.2 Å². The number of nitrogens with zero attached hydrogens (tertiary/aromatic N) is 1. The molecule has 7 nitrogen and oxygen atoms in total. The first-order chi connectivity index (χ1) is 11.8. The number of benzene rings is 2. The van der Waals surface area contributed by atoms with Gasteiger partial charge < -0.3 is 10.6 Å². The lowest BCUT2D eigenvalue weighted by atomic mass is 10.2. The molecule has 3 N–H and O–H groups in total. The number of nitrogens with one attached hydrogen (secondary N) is 2. The summed E-state index contributed by atoms with van der Waals surface area (Å²) in [5, 5.41) is 14.2. The highest BCUT2D eigenvalue weighted by Crippen LogP contribution is 2.15. The first-order valence-corrected chi connectivity index (χ1v) is 8.25. The fourth-order valence-corrected chi connectivity index (χ4v) is 2.24. The Morgan fingerprint density at radius 3 is 2.16 bits per heavy atom. The highest BCUT2D eigenvalue weighted by molar-refractivity contribution is 7.85. The second kappa shape index (κ2) is 7.57. The maximum absolute atomic E-state index is 12.8. The van der Waals surface area contributed by atoms with Gasteiger partial charge in [-0.3, -0.25) is 9.35 Å². The van der Waals surface area contributed by atoms with Crippen LogP contribution in [0.15, 0.2) is 65.2 Å². The molecular formula is C16H12FN3O4S. The number of amides is 1. The number of anilines is 2. The van der Waals surface area contributed by atoms with E-state index >= 15 is 0 Å². The third kappa shape index (κ3) is 5.13. The standard InChI is InChI=1S/C16H12FN3O4S/c17-12-1-3-13(4-2-12)19-10-11(9-18)16(21)20-14-5-7-15(8-6-14)25(22,23)24/h1-8,10,19H,(H,20,21)(H,22,23,24)/b11-10-. The van der Waals surface area contributed by atoms with Crippen LogP contribution in [-0.2, 0) is 14.9 Å². The molecule has 0 atom stereocenters. The number of hydrogen-bond donors (Lipinski definition) is 3. The monoisotopic (exact) mass is 361 g/mol. The van der Waals surface area contributed by atoms with Crippen molar-refractivity contribution in [2.45, 2.75) is 4.90 Å². The van der Waals surface area contributed by atoms with Gasteiger partial charge in [0, 0.05) is 17.6 Å². The van der Waals surface area contributed by atoms with Crippen LogP contribution in [0.4, 0.5) is 15.8 Å². The highest BCUT2D eigenvalue weighted by Gasteiger charge is 2.12. The Labute approximate surface area is 143 Å². The van der Waals surface area contributed by atoms with Gasteiger partial charge in [0.2, 0.25) is 0 Å². The molecule has 0 fully saturated rings. The molecule has 2 aromatic carbocycles. The van der Waals surface area contributed by atoms with E-state index in [9.17, 15) is 17.6 Å². The summed E-state index contributed by atoms with van der Waals surface area (Å²) in [7, 11) is -4.32. The summed E-state index contributed by atoms with van der Waals surface area (Å²) >= 11 is 0. The SMILES string of the molecule is N#C/C(=C/Nc1ccc(F)cc1)C(=O)Nc1ccc(S(=O)(=O)O)cc1. The molecule has 2 rings (SSSR count). The predicted molar refractivity (Wildman–Crippen MR) is 88.6 cm³/mol. The van der Waals surface area contributed by atoms with E-state index in [-0.39, 0.29) is 16.2 Å². The van der Waals surface area contributed by atoms with E-state index in [4.69, 9.17) is 9.81 Å². The first kappa shape index (κ1) is 18.1. The molecule has 0 unspecified atom stereocenters. The Morgan fingerprint density at radius 2 is 1.64 bits per heavy atom. The van der Waals surface area contributed by atoms with E-state index in [0.717, 1.165) is 18.3 Å². The molecule has 0 spiro atoms. The minimum absolute atomic E-state index is 0.236. The van der Waals surface area contributed by atoms with E-state index in [1.807, 2.05) is 0 Å². The number of nitriles is 1. The molecule has 25 heavy (non-hydrogen) atoms. The average molecular weight is 361 g/mol. The maximum Gasteiger partial charge on any atom is 0.294 e. The van der Waals surface area contributed by atoms with Gasteiger partial charge in [0.15, 0.2) is 0 Å². The number of carbonyl (C=O) groups is 1. The van der Waals surface area contributed by atoms with E-state index in [0.29, 0.717) is 5.69 Å². The molecular weight excluding hydrogens is 349 g/mol. The minimum Gasteiger partial charge on any atom is -0.360 e. The minimum atomic E-state index is -4.32. The molecule has 9 heteroatoms. The van der Waals surface area contributed by atoms with Crippen molar-refractivity contribution in [3.63, 3.8) is 0 Å². The van der Waals surface area contributed by atoms with Gasteiger partial charge in [-0.15, -0.1) is 0 Å². The fraction of sp³-hybridized carbons (Fsp3) is 0. The molecule has 1 amide bonds. The Hall–Kier alpha value is -3.22. The summed E-state index contributed by atoms with van der Waals surface area (Å²) in [6.45, 7) is 0. The fourth-order valence-electron chi connectivity index (χ4n) is 1.76. The normalized spacial score (nSPS) is 11.5. The van der Waals surface area contributed by atoms with Crippen LogP contribution < -0.4 is 10.6 Å². The molecule has 0 aliphatic rings. The zero-order valence-corrected chi connectivity index (χ0v) is 13.4. The second-order valence-corrected chi connectivity index (χ2v) is 6.20. The third-order valence-electron chi connectivity index (χ3n) is 3.00. The van der Waals surface area contributed by atoms with Crippen LogP contribution in [-0.4, -0.2) is 18.9 Å². The molecule has 0 radical (unpaired) electrons. The van der Waals surface area contributed by atoms with Gasteiger partial charge in [-0.2, -0.15) is 13.7 Å². The van der Waals surface area contributed by atoms with E-state index in [1.165, 1.54) is 36.4 Å². The van der Waals surface area contributed by atoms with Crippen molar-refractivity contribution in [2.75, 3.05) is 10.6 Å². The molecule has 0 heterocycles. The topological polar surface area (TPSA) is 119 Å². The lowest BCUT2D eigenvalue weighted by Crippen LogP contribution is -2.14. The van der Waals surface area contributed by atoms with Gasteiger partial charge in [0.25, 0.3) is 16.0 Å². The van der Waals surface area contributed by atoms with Crippen LogP contribution in [0.5, 0.6) is 0 Å². The number of carbonyl (C=O) groups excluding carboxylic acids is 1. The molecule has 0 bridgehead atoms. The zero-order valence-electron chi connectivity index (χ0n) is 12.6. The largest absolute Gasteiger partial charge is 0.360 e. The maximum atomic E-state index is 12.8. The molecule has 0 aromatic heterocycles. The number of hydrogen-bond acceptors (Lipinski definition) is 5. The molecule has 0 saturated carbocycles. The first-order valence-electron chi connectivity index (χ1n) is 6.81. The van der Waals surface area contributed by atoms with Gasteiger partial charge in [0.05, 0.1) is 4.90 Å². The predicted octanol–water partition coefficient (Wildman–Crippen LogP) is 2.53. The lowest BCUT2D eigenvalue weighted by molar-refractivity contribution is -0.112. The van der Waals surface area contributed by atoms with E-state index in [2.05, 4.69) is 10.6 Å². The van der Waals surface area contributed by atoms with Crippen LogP contribution in [0.3, 0.4) is 0 Å². The van der Waals surface area contributed by atoms with Crippen LogP contribution in [0, 0.1) is 17.1 Å². The lowest BCUT2D eigenvalue weighted by Gasteiger charge is -2.06. The Kier molecular flexibility index (Phi) is 5.49. The Balaban J connectivity index is 2.08. The Morgan fingerprint density at radius 1 is 1.08 bits per heavy atom. The number of halogens is 1. The van der Waals surface area contributed by atoms with Crippen molar-refractivity contribution in [3.8, 4) is 6.07 Å². The van der Waals surface area contributed by atoms with Crippen molar-refractivity contribution in [3.05, 3.63) is 66.1 Å².